The maximum Gasteiger partial charge on any atom is 0.416 e. The van der Waals surface area contributed by atoms with Crippen LogP contribution in [0.4, 0.5) is 24.5 Å². The Kier molecular flexibility index (Phi) is 3.59. The zero-order valence-electron chi connectivity index (χ0n) is 11.8. The standard InChI is InChI=1S/C16H19F3N2/c17-16(18,19)12-8-13(20)10-14(9-12)21-7-3-5-11-4-1-2-6-15(11)21/h6,8-11H,1-5,7,20H2. The van der Waals surface area contributed by atoms with Gasteiger partial charge in [0.25, 0.3) is 0 Å². The smallest absolute Gasteiger partial charge is 0.399 e. The van der Waals surface area contributed by atoms with E-state index in [1.807, 2.05) is 4.90 Å². The minimum absolute atomic E-state index is 0.165. The van der Waals surface area contributed by atoms with Gasteiger partial charge in [-0.25, -0.2) is 0 Å². The van der Waals surface area contributed by atoms with Crippen molar-refractivity contribution in [2.24, 2.45) is 5.92 Å². The Hall–Kier alpha value is -1.65. The van der Waals surface area contributed by atoms with Crippen LogP contribution in [0.25, 0.3) is 0 Å². The number of halogens is 3. The second-order valence-electron chi connectivity index (χ2n) is 5.86. The fraction of sp³-hybridized carbons (Fsp3) is 0.500. The van der Waals surface area contributed by atoms with Gasteiger partial charge in [-0.15, -0.1) is 0 Å². The third-order valence-corrected chi connectivity index (χ3v) is 4.35. The molecule has 1 fully saturated rings. The van der Waals surface area contributed by atoms with Crippen molar-refractivity contribution in [2.75, 3.05) is 17.2 Å². The van der Waals surface area contributed by atoms with E-state index in [0.29, 0.717) is 11.6 Å². The van der Waals surface area contributed by atoms with Gasteiger partial charge < -0.3 is 10.6 Å². The first-order chi connectivity index (χ1) is 9.95. The number of rotatable bonds is 1. The number of benzene rings is 1. The van der Waals surface area contributed by atoms with Crippen molar-refractivity contribution in [3.05, 3.63) is 35.5 Å². The Labute approximate surface area is 122 Å². The van der Waals surface area contributed by atoms with Gasteiger partial charge >= 0.3 is 6.18 Å². The molecule has 1 saturated heterocycles. The predicted octanol–water partition coefficient (Wildman–Crippen LogP) is 4.57. The number of allylic oxidation sites excluding steroid dienone is 2. The highest BCUT2D eigenvalue weighted by Crippen LogP contribution is 2.40. The number of fused-ring (bicyclic) bond motifs is 1. The lowest BCUT2D eigenvalue weighted by molar-refractivity contribution is -0.137. The molecule has 0 amide bonds. The molecule has 1 aromatic rings. The lowest BCUT2D eigenvalue weighted by Gasteiger charge is -2.39. The second-order valence-corrected chi connectivity index (χ2v) is 5.86. The fourth-order valence-electron chi connectivity index (χ4n) is 3.41. The van der Waals surface area contributed by atoms with Crippen molar-refractivity contribution in [1.29, 1.82) is 0 Å². The third kappa shape index (κ3) is 2.87. The van der Waals surface area contributed by atoms with E-state index >= 15 is 0 Å². The van der Waals surface area contributed by atoms with Crippen molar-refractivity contribution < 1.29 is 13.2 Å². The monoisotopic (exact) mass is 296 g/mol. The average Bonchev–Trinajstić information content (AvgIpc) is 2.45. The first-order valence-electron chi connectivity index (χ1n) is 7.40. The molecular weight excluding hydrogens is 277 g/mol. The molecule has 0 bridgehead atoms. The van der Waals surface area contributed by atoms with Gasteiger partial charge in [0.15, 0.2) is 0 Å². The van der Waals surface area contributed by atoms with E-state index in [0.717, 1.165) is 38.3 Å². The number of nitrogens with zero attached hydrogens (tertiary/aromatic N) is 1. The lowest BCUT2D eigenvalue weighted by atomic mass is 9.84. The quantitative estimate of drug-likeness (QED) is 0.769. The molecule has 2 N–H and O–H groups in total. The summed E-state index contributed by atoms with van der Waals surface area (Å²) in [4.78, 5) is 2.03. The van der Waals surface area contributed by atoms with E-state index < -0.39 is 11.7 Å². The van der Waals surface area contributed by atoms with Crippen LogP contribution in [-0.2, 0) is 6.18 Å². The van der Waals surface area contributed by atoms with E-state index in [1.165, 1.54) is 18.2 Å². The number of piperidine rings is 1. The molecule has 0 radical (unpaired) electrons. The zero-order valence-corrected chi connectivity index (χ0v) is 11.8. The molecule has 0 spiro atoms. The van der Waals surface area contributed by atoms with Crippen LogP contribution in [0, 0.1) is 5.92 Å². The molecule has 0 aromatic heterocycles. The van der Waals surface area contributed by atoms with E-state index in [9.17, 15) is 13.2 Å². The Morgan fingerprint density at radius 3 is 2.62 bits per heavy atom. The van der Waals surface area contributed by atoms with E-state index in [4.69, 9.17) is 5.73 Å². The van der Waals surface area contributed by atoms with Crippen LogP contribution in [0.15, 0.2) is 30.0 Å². The normalized spacial score (nSPS) is 22.7. The Bertz CT molecular complexity index is 563. The van der Waals surface area contributed by atoms with Crippen LogP contribution in [0.2, 0.25) is 0 Å². The number of nitrogens with two attached hydrogens (primary N) is 1. The molecule has 1 unspecified atom stereocenters. The number of hydrogen-bond donors (Lipinski definition) is 1. The van der Waals surface area contributed by atoms with Crippen molar-refractivity contribution in [2.45, 2.75) is 38.3 Å². The fourth-order valence-corrected chi connectivity index (χ4v) is 3.41. The second kappa shape index (κ2) is 5.28. The van der Waals surface area contributed by atoms with Gasteiger partial charge in [0.05, 0.1) is 5.56 Å². The van der Waals surface area contributed by atoms with Gasteiger partial charge in [0, 0.05) is 23.6 Å². The first-order valence-corrected chi connectivity index (χ1v) is 7.40. The highest BCUT2D eigenvalue weighted by molar-refractivity contribution is 5.62. The highest BCUT2D eigenvalue weighted by atomic mass is 19.4. The topological polar surface area (TPSA) is 29.3 Å². The van der Waals surface area contributed by atoms with Gasteiger partial charge in [-0.2, -0.15) is 13.2 Å². The molecule has 5 heteroatoms. The van der Waals surface area contributed by atoms with Gasteiger partial charge in [-0.05, 0) is 56.2 Å². The summed E-state index contributed by atoms with van der Waals surface area (Å²) in [5.74, 6) is 0.489. The summed E-state index contributed by atoms with van der Waals surface area (Å²) < 4.78 is 38.9. The maximum absolute atomic E-state index is 13.0. The van der Waals surface area contributed by atoms with Crippen LogP contribution in [0.3, 0.4) is 0 Å². The van der Waals surface area contributed by atoms with Gasteiger partial charge in [-0.1, -0.05) is 6.08 Å². The molecule has 3 rings (SSSR count). The number of alkyl halides is 3. The maximum atomic E-state index is 13.0. The van der Waals surface area contributed by atoms with Crippen LogP contribution < -0.4 is 10.6 Å². The molecule has 1 aromatic carbocycles. The molecule has 1 aliphatic heterocycles. The molecule has 1 aliphatic carbocycles. The lowest BCUT2D eigenvalue weighted by Crippen LogP contribution is -2.34. The Morgan fingerprint density at radius 1 is 1.10 bits per heavy atom. The summed E-state index contributed by atoms with van der Waals surface area (Å²) in [6.07, 6.45) is 3.29. The van der Waals surface area contributed by atoms with Gasteiger partial charge in [0.1, 0.15) is 0 Å². The summed E-state index contributed by atoms with van der Waals surface area (Å²) in [5, 5.41) is 0. The molecule has 0 saturated carbocycles. The average molecular weight is 296 g/mol. The van der Waals surface area contributed by atoms with Crippen molar-refractivity contribution in [3.63, 3.8) is 0 Å². The molecule has 1 atom stereocenters. The zero-order chi connectivity index (χ0) is 15.0. The van der Waals surface area contributed by atoms with Gasteiger partial charge in [0.2, 0.25) is 0 Å². The minimum atomic E-state index is -4.36. The van der Waals surface area contributed by atoms with Crippen molar-refractivity contribution in [3.8, 4) is 0 Å². The summed E-state index contributed by atoms with van der Waals surface area (Å²) >= 11 is 0. The van der Waals surface area contributed by atoms with E-state index in [-0.39, 0.29) is 5.69 Å². The van der Waals surface area contributed by atoms with Gasteiger partial charge in [-0.3, -0.25) is 0 Å². The molecular formula is C16H19F3N2. The molecule has 21 heavy (non-hydrogen) atoms. The highest BCUT2D eigenvalue weighted by Gasteiger charge is 2.33. The number of hydrogen-bond acceptors (Lipinski definition) is 2. The first kappa shape index (κ1) is 14.3. The largest absolute Gasteiger partial charge is 0.416 e. The minimum Gasteiger partial charge on any atom is -0.399 e. The summed E-state index contributed by atoms with van der Waals surface area (Å²) in [5.41, 5.74) is 6.94. The summed E-state index contributed by atoms with van der Waals surface area (Å²) in [7, 11) is 0. The van der Waals surface area contributed by atoms with Crippen LogP contribution in [0.1, 0.15) is 37.7 Å². The van der Waals surface area contributed by atoms with Crippen LogP contribution in [0.5, 0.6) is 0 Å². The van der Waals surface area contributed by atoms with Crippen molar-refractivity contribution in [1.82, 2.24) is 0 Å². The molecule has 1 heterocycles. The molecule has 2 aliphatic rings. The predicted molar refractivity (Wildman–Crippen MR) is 77.9 cm³/mol. The Balaban J connectivity index is 1.99. The van der Waals surface area contributed by atoms with E-state index in [2.05, 4.69) is 6.08 Å². The van der Waals surface area contributed by atoms with Crippen LogP contribution in [-0.4, -0.2) is 6.54 Å². The number of anilines is 2. The number of nitrogen functional groups attached to an aromatic ring is 1. The Morgan fingerprint density at radius 2 is 1.86 bits per heavy atom. The SMILES string of the molecule is Nc1cc(N2CCCC3CCCC=C32)cc(C(F)(F)F)c1. The molecule has 114 valence electrons. The molecule has 2 nitrogen and oxygen atoms in total. The third-order valence-electron chi connectivity index (χ3n) is 4.35. The summed E-state index contributed by atoms with van der Waals surface area (Å²) in [6.45, 7) is 0.767. The summed E-state index contributed by atoms with van der Waals surface area (Å²) in [6, 6.07) is 3.86. The van der Waals surface area contributed by atoms with Crippen LogP contribution >= 0.6 is 0 Å². The van der Waals surface area contributed by atoms with Crippen molar-refractivity contribution >= 4 is 11.4 Å². The van der Waals surface area contributed by atoms with E-state index in [1.54, 1.807) is 6.07 Å².